The van der Waals surface area contributed by atoms with Gasteiger partial charge in [0.05, 0.1) is 5.75 Å². The highest BCUT2D eigenvalue weighted by Gasteiger charge is 2.34. The minimum Gasteiger partial charge on any atom is -0.508 e. The van der Waals surface area contributed by atoms with Gasteiger partial charge in [-0.3, -0.25) is 4.79 Å². The van der Waals surface area contributed by atoms with Crippen LogP contribution in [0.3, 0.4) is 0 Å². The molecule has 1 fully saturated rings. The number of phenolic OH excluding ortho intramolecular Hbond substituents is 1. The maximum Gasteiger partial charge on any atom is 0.242 e. The molecule has 1 aliphatic heterocycles. The van der Waals surface area contributed by atoms with Gasteiger partial charge in [0.1, 0.15) is 11.0 Å². The molecule has 19 heavy (non-hydrogen) atoms. The van der Waals surface area contributed by atoms with Gasteiger partial charge in [0.2, 0.25) is 5.91 Å². The van der Waals surface area contributed by atoms with Crippen molar-refractivity contribution in [3.8, 4) is 5.75 Å². The summed E-state index contributed by atoms with van der Waals surface area (Å²) in [5, 5.41) is 11.2. The quantitative estimate of drug-likeness (QED) is 0.863. The highest BCUT2D eigenvalue weighted by molar-refractivity contribution is 7.92. The molecule has 1 saturated heterocycles. The monoisotopic (exact) mass is 283 g/mol. The molecular formula is C13H17NO4S. The molecule has 6 heteroatoms. The maximum absolute atomic E-state index is 12.1. The summed E-state index contributed by atoms with van der Waals surface area (Å²) in [4.78, 5) is 12.1. The van der Waals surface area contributed by atoms with E-state index in [9.17, 15) is 18.3 Å². The fourth-order valence-electron chi connectivity index (χ4n) is 2.22. The van der Waals surface area contributed by atoms with E-state index in [2.05, 4.69) is 5.32 Å². The topological polar surface area (TPSA) is 83.5 Å². The van der Waals surface area contributed by atoms with E-state index in [0.717, 1.165) is 6.42 Å². The minimum absolute atomic E-state index is 0.0734. The normalized spacial score (nSPS) is 21.8. The first kappa shape index (κ1) is 13.9. The van der Waals surface area contributed by atoms with Gasteiger partial charge < -0.3 is 10.4 Å². The van der Waals surface area contributed by atoms with E-state index in [0.29, 0.717) is 24.1 Å². The number of carbonyl (C=O) groups excluding carboxylic acids is 1. The molecule has 0 spiro atoms. The van der Waals surface area contributed by atoms with Gasteiger partial charge in [-0.2, -0.15) is 0 Å². The van der Waals surface area contributed by atoms with E-state index in [1.807, 2.05) is 0 Å². The number of aromatic hydroxyl groups is 1. The molecule has 1 heterocycles. The van der Waals surface area contributed by atoms with Crippen LogP contribution in [-0.4, -0.2) is 30.4 Å². The van der Waals surface area contributed by atoms with Crippen LogP contribution in [0.4, 0.5) is 5.69 Å². The largest absolute Gasteiger partial charge is 0.508 e. The SMILES string of the molecule is Cc1c(O)cccc1NC(=O)C1CCCCS1(=O)=O. The molecule has 1 amide bonds. The Labute approximate surface area is 112 Å². The third-order valence-electron chi connectivity index (χ3n) is 3.43. The first-order valence-electron chi connectivity index (χ1n) is 6.23. The second-order valence-electron chi connectivity index (χ2n) is 4.79. The number of carbonyl (C=O) groups is 1. The molecule has 0 saturated carbocycles. The van der Waals surface area contributed by atoms with Crippen molar-refractivity contribution >= 4 is 21.4 Å². The van der Waals surface area contributed by atoms with Gasteiger partial charge in [-0.15, -0.1) is 0 Å². The van der Waals surface area contributed by atoms with Gasteiger partial charge >= 0.3 is 0 Å². The standard InChI is InChI=1S/C13H17NO4S/c1-9-10(5-4-6-11(9)15)14-13(16)12-7-2-3-8-19(12,17)18/h4-6,12,15H,2-3,7-8H2,1H3,(H,14,16). The first-order chi connectivity index (χ1) is 8.92. The van der Waals surface area contributed by atoms with Crippen LogP contribution in [0, 0.1) is 6.92 Å². The van der Waals surface area contributed by atoms with Gasteiger partial charge in [-0.25, -0.2) is 8.42 Å². The molecule has 2 N–H and O–H groups in total. The lowest BCUT2D eigenvalue weighted by atomic mass is 10.1. The zero-order valence-electron chi connectivity index (χ0n) is 10.7. The van der Waals surface area contributed by atoms with Gasteiger partial charge in [0.25, 0.3) is 0 Å². The molecule has 0 aromatic heterocycles. The summed E-state index contributed by atoms with van der Waals surface area (Å²) in [6.07, 6.45) is 1.74. The Bertz CT molecular complexity index is 595. The highest BCUT2D eigenvalue weighted by atomic mass is 32.2. The summed E-state index contributed by atoms with van der Waals surface area (Å²) in [5.74, 6) is -0.359. The van der Waals surface area contributed by atoms with Gasteiger partial charge in [-0.05, 0) is 31.9 Å². The number of phenols is 1. The zero-order valence-corrected chi connectivity index (χ0v) is 11.5. The van der Waals surface area contributed by atoms with Crippen molar-refractivity contribution in [1.82, 2.24) is 0 Å². The number of hydrogen-bond acceptors (Lipinski definition) is 4. The Hall–Kier alpha value is -1.56. The molecule has 0 radical (unpaired) electrons. The average molecular weight is 283 g/mol. The molecular weight excluding hydrogens is 266 g/mol. The van der Waals surface area contributed by atoms with Crippen LogP contribution >= 0.6 is 0 Å². The predicted octanol–water partition coefficient (Wildman–Crippen LogP) is 1.61. The summed E-state index contributed by atoms with van der Waals surface area (Å²) < 4.78 is 23.7. The number of rotatable bonds is 2. The van der Waals surface area contributed by atoms with E-state index in [1.54, 1.807) is 19.1 Å². The fourth-order valence-corrected chi connectivity index (χ4v) is 4.02. The molecule has 1 aromatic rings. The Balaban J connectivity index is 2.19. The smallest absolute Gasteiger partial charge is 0.242 e. The van der Waals surface area contributed by atoms with Crippen molar-refractivity contribution in [3.63, 3.8) is 0 Å². The molecule has 104 valence electrons. The lowest BCUT2D eigenvalue weighted by Gasteiger charge is -2.21. The van der Waals surface area contributed by atoms with Crippen molar-refractivity contribution < 1.29 is 18.3 Å². The number of anilines is 1. The van der Waals surface area contributed by atoms with Crippen LogP contribution < -0.4 is 5.32 Å². The van der Waals surface area contributed by atoms with Crippen molar-refractivity contribution in [2.45, 2.75) is 31.4 Å². The molecule has 1 aliphatic rings. The summed E-state index contributed by atoms with van der Waals surface area (Å²) in [7, 11) is -3.34. The third-order valence-corrected chi connectivity index (χ3v) is 5.61. The lowest BCUT2D eigenvalue weighted by Crippen LogP contribution is -2.39. The van der Waals surface area contributed by atoms with E-state index in [1.165, 1.54) is 6.07 Å². The van der Waals surface area contributed by atoms with E-state index in [4.69, 9.17) is 0 Å². The van der Waals surface area contributed by atoms with E-state index in [-0.39, 0.29) is 11.5 Å². The predicted molar refractivity (Wildman–Crippen MR) is 72.9 cm³/mol. The first-order valence-corrected chi connectivity index (χ1v) is 7.94. The summed E-state index contributed by atoms with van der Waals surface area (Å²) in [6, 6.07) is 4.76. The second kappa shape index (κ2) is 5.21. The number of hydrogen-bond donors (Lipinski definition) is 2. The van der Waals surface area contributed by atoms with Crippen LogP contribution in [-0.2, 0) is 14.6 Å². The third kappa shape index (κ3) is 2.89. The fraction of sp³-hybridized carbons (Fsp3) is 0.462. The maximum atomic E-state index is 12.1. The number of amides is 1. The van der Waals surface area contributed by atoms with E-state index >= 15 is 0 Å². The Kier molecular flexibility index (Phi) is 3.80. The molecule has 2 rings (SSSR count). The van der Waals surface area contributed by atoms with Crippen LogP contribution in [0.2, 0.25) is 0 Å². The number of nitrogens with one attached hydrogen (secondary N) is 1. The summed E-state index contributed by atoms with van der Waals surface area (Å²) >= 11 is 0. The zero-order chi connectivity index (χ0) is 14.0. The van der Waals surface area contributed by atoms with Crippen molar-refractivity contribution in [2.75, 3.05) is 11.1 Å². The minimum atomic E-state index is -3.34. The number of sulfone groups is 1. The van der Waals surface area contributed by atoms with Crippen molar-refractivity contribution in [1.29, 1.82) is 0 Å². The van der Waals surface area contributed by atoms with Crippen molar-refractivity contribution in [3.05, 3.63) is 23.8 Å². The second-order valence-corrected chi connectivity index (χ2v) is 7.09. The molecule has 5 nitrogen and oxygen atoms in total. The van der Waals surface area contributed by atoms with Crippen LogP contribution in [0.1, 0.15) is 24.8 Å². The van der Waals surface area contributed by atoms with Crippen molar-refractivity contribution in [2.24, 2.45) is 0 Å². The van der Waals surface area contributed by atoms with Gasteiger partial charge in [0, 0.05) is 11.3 Å². The van der Waals surface area contributed by atoms with Crippen LogP contribution in [0.15, 0.2) is 18.2 Å². The average Bonchev–Trinajstić information content (AvgIpc) is 2.34. The Morgan fingerprint density at radius 3 is 2.79 bits per heavy atom. The van der Waals surface area contributed by atoms with Gasteiger partial charge in [0.15, 0.2) is 9.84 Å². The molecule has 0 bridgehead atoms. The highest BCUT2D eigenvalue weighted by Crippen LogP contribution is 2.26. The number of benzene rings is 1. The van der Waals surface area contributed by atoms with Crippen LogP contribution in [0.25, 0.3) is 0 Å². The summed E-state index contributed by atoms with van der Waals surface area (Å²) in [5.41, 5.74) is 0.981. The molecule has 0 aliphatic carbocycles. The lowest BCUT2D eigenvalue weighted by molar-refractivity contribution is -0.116. The Morgan fingerprint density at radius 1 is 1.37 bits per heavy atom. The molecule has 1 atom stereocenters. The summed E-state index contributed by atoms with van der Waals surface area (Å²) in [6.45, 7) is 1.67. The van der Waals surface area contributed by atoms with Crippen LogP contribution in [0.5, 0.6) is 5.75 Å². The molecule has 1 unspecified atom stereocenters. The van der Waals surface area contributed by atoms with E-state index < -0.39 is 21.0 Å². The van der Waals surface area contributed by atoms with Gasteiger partial charge in [-0.1, -0.05) is 12.5 Å². The Morgan fingerprint density at radius 2 is 2.11 bits per heavy atom. The molecule has 1 aromatic carbocycles.